The van der Waals surface area contributed by atoms with Crippen LogP contribution < -0.4 is 10.1 Å². The van der Waals surface area contributed by atoms with E-state index >= 15 is 0 Å². The van der Waals surface area contributed by atoms with Crippen LogP contribution in [0.5, 0.6) is 5.75 Å². The van der Waals surface area contributed by atoms with Crippen LogP contribution in [0.3, 0.4) is 0 Å². The van der Waals surface area contributed by atoms with Crippen LogP contribution in [0.4, 0.5) is 0 Å². The van der Waals surface area contributed by atoms with E-state index in [9.17, 15) is 9.59 Å². The lowest BCUT2D eigenvalue weighted by Crippen LogP contribution is -2.28. The maximum Gasteiger partial charge on any atom is 0.251 e. The molecule has 5 nitrogen and oxygen atoms in total. The van der Waals surface area contributed by atoms with Crippen LogP contribution in [0.2, 0.25) is 0 Å². The second-order valence-corrected chi connectivity index (χ2v) is 8.96. The van der Waals surface area contributed by atoms with E-state index in [0.717, 1.165) is 23.3 Å². The molecule has 1 fully saturated rings. The van der Waals surface area contributed by atoms with E-state index in [4.69, 9.17) is 4.74 Å². The molecule has 0 saturated carbocycles. The maximum absolute atomic E-state index is 12.5. The smallest absolute Gasteiger partial charge is 0.251 e. The molecule has 0 aromatic heterocycles. The van der Waals surface area contributed by atoms with Gasteiger partial charge in [0.25, 0.3) is 5.91 Å². The molecule has 1 heterocycles. The lowest BCUT2D eigenvalue weighted by molar-refractivity contribution is -0.128. The van der Waals surface area contributed by atoms with E-state index in [2.05, 4.69) is 12.2 Å². The number of benzene rings is 3. The number of nitrogens with zero attached hydrogens (tertiary/aromatic N) is 1. The monoisotopic (exact) mass is 460 g/mol. The average Bonchev–Trinajstić information content (AvgIpc) is 3.22. The van der Waals surface area contributed by atoms with E-state index in [-0.39, 0.29) is 17.2 Å². The molecule has 3 aromatic carbocycles. The van der Waals surface area contributed by atoms with E-state index in [1.54, 1.807) is 11.8 Å². The van der Waals surface area contributed by atoms with Crippen molar-refractivity contribution in [3.63, 3.8) is 0 Å². The Kier molecular flexibility index (Phi) is 7.68. The summed E-state index contributed by atoms with van der Waals surface area (Å²) in [5.74, 6) is 1.28. The van der Waals surface area contributed by atoms with Crippen molar-refractivity contribution in [2.45, 2.75) is 25.3 Å². The minimum atomic E-state index is -0.136. The molecule has 2 amide bonds. The van der Waals surface area contributed by atoms with Gasteiger partial charge in [-0.25, -0.2) is 0 Å². The number of aryl methyl sites for hydroxylation is 1. The van der Waals surface area contributed by atoms with Gasteiger partial charge >= 0.3 is 0 Å². The summed E-state index contributed by atoms with van der Waals surface area (Å²) in [6, 6.07) is 25.5. The minimum absolute atomic E-state index is 0.0395. The molecule has 0 aliphatic carbocycles. The van der Waals surface area contributed by atoms with Gasteiger partial charge in [-0.15, -0.1) is 11.8 Å². The molecule has 1 aliphatic rings. The Morgan fingerprint density at radius 2 is 1.73 bits per heavy atom. The highest BCUT2D eigenvalue weighted by Crippen LogP contribution is 2.39. The zero-order valence-electron chi connectivity index (χ0n) is 18.7. The topological polar surface area (TPSA) is 58.6 Å². The first-order valence-electron chi connectivity index (χ1n) is 11.2. The molecule has 1 atom stereocenters. The highest BCUT2D eigenvalue weighted by Gasteiger charge is 2.32. The highest BCUT2D eigenvalue weighted by molar-refractivity contribution is 8.00. The first kappa shape index (κ1) is 22.9. The second kappa shape index (κ2) is 11.1. The summed E-state index contributed by atoms with van der Waals surface area (Å²) in [6.07, 6.45) is 0.996. The molecule has 1 aliphatic heterocycles. The van der Waals surface area contributed by atoms with Gasteiger partial charge < -0.3 is 15.0 Å². The number of hydrogen-bond donors (Lipinski definition) is 1. The van der Waals surface area contributed by atoms with E-state index in [1.807, 2.05) is 83.8 Å². The average molecular weight is 461 g/mol. The Balaban J connectivity index is 1.29. The number of ether oxygens (including phenoxy) is 1. The summed E-state index contributed by atoms with van der Waals surface area (Å²) in [7, 11) is 0. The SMILES string of the molecule is CCc1ccc(OCCNC(=O)c2ccc(C3SCC(=O)N3Cc3ccccc3)cc2)cc1. The van der Waals surface area contributed by atoms with Gasteiger partial charge in [-0.1, -0.05) is 61.5 Å². The molecule has 1 saturated heterocycles. The fourth-order valence-corrected chi connectivity index (χ4v) is 4.93. The van der Waals surface area contributed by atoms with Crippen molar-refractivity contribution in [3.05, 3.63) is 101 Å². The standard InChI is InChI=1S/C27H28N2O3S/c1-2-20-8-14-24(15-9-20)32-17-16-28-26(31)22-10-12-23(13-11-22)27-29(25(30)19-33-27)18-21-6-4-3-5-7-21/h3-15,27H,2,16-19H2,1H3,(H,28,31). The number of amides is 2. The summed E-state index contributed by atoms with van der Waals surface area (Å²) in [5.41, 5.74) is 3.99. The first-order chi connectivity index (χ1) is 16.1. The second-order valence-electron chi connectivity index (χ2n) is 7.89. The van der Waals surface area contributed by atoms with Crippen molar-refractivity contribution in [1.82, 2.24) is 10.2 Å². The molecule has 3 aromatic rings. The Bertz CT molecular complexity index is 1070. The van der Waals surface area contributed by atoms with Crippen molar-refractivity contribution in [2.75, 3.05) is 18.9 Å². The van der Waals surface area contributed by atoms with E-state index < -0.39 is 0 Å². The van der Waals surface area contributed by atoms with Crippen LogP contribution in [0.1, 0.15) is 39.3 Å². The third-order valence-electron chi connectivity index (χ3n) is 5.61. The highest BCUT2D eigenvalue weighted by atomic mass is 32.2. The van der Waals surface area contributed by atoms with Crippen molar-refractivity contribution < 1.29 is 14.3 Å². The molecule has 33 heavy (non-hydrogen) atoms. The fraction of sp³-hybridized carbons (Fsp3) is 0.259. The lowest BCUT2D eigenvalue weighted by atomic mass is 10.1. The van der Waals surface area contributed by atoms with Gasteiger partial charge in [-0.2, -0.15) is 0 Å². The van der Waals surface area contributed by atoms with Gasteiger partial charge in [0.15, 0.2) is 0 Å². The summed E-state index contributed by atoms with van der Waals surface area (Å²) >= 11 is 1.62. The Labute approximate surface area is 199 Å². The van der Waals surface area contributed by atoms with E-state index in [0.29, 0.717) is 31.0 Å². The van der Waals surface area contributed by atoms with E-state index in [1.165, 1.54) is 5.56 Å². The van der Waals surface area contributed by atoms with Crippen LogP contribution in [-0.4, -0.2) is 35.6 Å². The number of carbonyl (C=O) groups is 2. The molecule has 1 unspecified atom stereocenters. The van der Waals surface area contributed by atoms with Crippen LogP contribution in [0.15, 0.2) is 78.9 Å². The van der Waals surface area contributed by atoms with Crippen molar-refractivity contribution >= 4 is 23.6 Å². The normalized spacial score (nSPS) is 15.5. The van der Waals surface area contributed by atoms with Crippen molar-refractivity contribution in [1.29, 1.82) is 0 Å². The molecule has 170 valence electrons. The molecule has 4 rings (SSSR count). The summed E-state index contributed by atoms with van der Waals surface area (Å²) in [5, 5.41) is 2.86. The molecule has 0 spiro atoms. The first-order valence-corrected chi connectivity index (χ1v) is 12.2. The number of thioether (sulfide) groups is 1. The summed E-state index contributed by atoms with van der Waals surface area (Å²) < 4.78 is 5.69. The van der Waals surface area contributed by atoms with Crippen LogP contribution in [0, 0.1) is 0 Å². The van der Waals surface area contributed by atoms with Crippen molar-refractivity contribution in [2.24, 2.45) is 0 Å². The molecule has 1 N–H and O–H groups in total. The fourth-order valence-electron chi connectivity index (χ4n) is 3.74. The largest absolute Gasteiger partial charge is 0.492 e. The third kappa shape index (κ3) is 5.96. The van der Waals surface area contributed by atoms with Gasteiger partial charge in [-0.05, 0) is 47.4 Å². The molecular weight excluding hydrogens is 432 g/mol. The summed E-state index contributed by atoms with van der Waals surface area (Å²) in [6.45, 7) is 3.53. The van der Waals surface area contributed by atoms with Gasteiger partial charge in [0, 0.05) is 12.1 Å². The van der Waals surface area contributed by atoms with Crippen molar-refractivity contribution in [3.8, 4) is 5.75 Å². The zero-order valence-corrected chi connectivity index (χ0v) is 19.5. The lowest BCUT2D eigenvalue weighted by Gasteiger charge is -2.24. The Morgan fingerprint density at radius 1 is 1.00 bits per heavy atom. The van der Waals surface area contributed by atoms with Gasteiger partial charge in [-0.3, -0.25) is 9.59 Å². The van der Waals surface area contributed by atoms with Crippen LogP contribution in [0.25, 0.3) is 0 Å². The number of hydrogen-bond acceptors (Lipinski definition) is 4. The van der Waals surface area contributed by atoms with Crippen LogP contribution >= 0.6 is 11.8 Å². The predicted molar refractivity (Wildman–Crippen MR) is 132 cm³/mol. The number of nitrogens with one attached hydrogen (secondary N) is 1. The summed E-state index contributed by atoms with van der Waals surface area (Å²) in [4.78, 5) is 26.8. The number of carbonyl (C=O) groups excluding carboxylic acids is 2. The third-order valence-corrected chi connectivity index (χ3v) is 6.87. The van der Waals surface area contributed by atoms with Gasteiger partial charge in [0.1, 0.15) is 17.7 Å². The molecule has 6 heteroatoms. The molecule has 0 radical (unpaired) electrons. The van der Waals surface area contributed by atoms with Gasteiger partial charge in [0.2, 0.25) is 5.91 Å². The maximum atomic E-state index is 12.5. The number of rotatable bonds is 9. The molecule has 0 bridgehead atoms. The quantitative estimate of drug-likeness (QED) is 0.465. The molecular formula is C27H28N2O3S. The Morgan fingerprint density at radius 3 is 2.42 bits per heavy atom. The van der Waals surface area contributed by atoms with Crippen LogP contribution in [-0.2, 0) is 17.8 Å². The minimum Gasteiger partial charge on any atom is -0.492 e. The zero-order chi connectivity index (χ0) is 23.0. The van der Waals surface area contributed by atoms with Gasteiger partial charge in [0.05, 0.1) is 12.3 Å². The predicted octanol–water partition coefficient (Wildman–Crippen LogP) is 4.83. The Hall–Kier alpha value is -3.25.